The van der Waals surface area contributed by atoms with Gasteiger partial charge in [0.05, 0.1) is 5.39 Å². The second kappa shape index (κ2) is 4.69. The Morgan fingerprint density at radius 3 is 2.89 bits per heavy atom. The molecule has 6 heteroatoms. The number of rotatable bonds is 2. The molecule has 0 atom stereocenters. The molecular weight excluding hydrogens is 244 g/mol. The number of fused-ring (bicyclic) bond motifs is 1. The first kappa shape index (κ1) is 13.0. The molecule has 0 aromatic carbocycles. The fraction of sp³-hybridized carbons (Fsp3) is 0.385. The maximum Gasteiger partial charge on any atom is 0.328 e. The van der Waals surface area contributed by atoms with Gasteiger partial charge in [-0.25, -0.2) is 9.67 Å². The lowest BCUT2D eigenvalue weighted by atomic mass is 10.2. The summed E-state index contributed by atoms with van der Waals surface area (Å²) in [7, 11) is 0. The molecule has 19 heavy (non-hydrogen) atoms. The Morgan fingerprint density at radius 2 is 2.26 bits per heavy atom. The van der Waals surface area contributed by atoms with E-state index in [0.717, 1.165) is 0 Å². The molecule has 2 aromatic rings. The second-order valence-corrected chi connectivity index (χ2v) is 5.08. The summed E-state index contributed by atoms with van der Waals surface area (Å²) in [4.78, 5) is 15.9. The lowest BCUT2D eigenvalue weighted by Gasteiger charge is -2.19. The summed E-state index contributed by atoms with van der Waals surface area (Å²) >= 11 is 0. The monoisotopic (exact) mass is 258 g/mol. The fourth-order valence-electron chi connectivity index (χ4n) is 1.70. The normalized spacial score (nSPS) is 11.3. The minimum atomic E-state index is -0.550. The van der Waals surface area contributed by atoms with Gasteiger partial charge >= 0.3 is 5.97 Å². The van der Waals surface area contributed by atoms with Gasteiger partial charge in [-0.15, -0.1) is 0 Å². The smallest absolute Gasteiger partial charge is 0.328 e. The number of carbonyl (C=O) groups is 1. The molecule has 0 aliphatic carbocycles. The molecule has 2 rings (SSSR count). The Hall–Kier alpha value is -2.42. The Kier molecular flexibility index (Phi) is 3.21. The molecule has 2 heterocycles. The van der Waals surface area contributed by atoms with E-state index in [4.69, 9.17) is 10.00 Å². The lowest BCUT2D eigenvalue weighted by molar-refractivity contribution is -0.155. The van der Waals surface area contributed by atoms with Crippen molar-refractivity contribution in [3.63, 3.8) is 0 Å². The van der Waals surface area contributed by atoms with Gasteiger partial charge in [0.2, 0.25) is 0 Å². The van der Waals surface area contributed by atoms with Gasteiger partial charge in [-0.2, -0.15) is 10.4 Å². The van der Waals surface area contributed by atoms with Crippen molar-refractivity contribution in [3.05, 3.63) is 24.0 Å². The van der Waals surface area contributed by atoms with Crippen molar-refractivity contribution < 1.29 is 9.53 Å². The summed E-state index contributed by atoms with van der Waals surface area (Å²) in [6, 6.07) is 5.46. The molecular formula is C13H14N4O2. The van der Waals surface area contributed by atoms with Crippen LogP contribution in [0.3, 0.4) is 0 Å². The second-order valence-electron chi connectivity index (χ2n) is 5.08. The lowest BCUT2D eigenvalue weighted by Crippen LogP contribution is -2.26. The summed E-state index contributed by atoms with van der Waals surface area (Å²) in [5.74, 6) is -0.410. The van der Waals surface area contributed by atoms with Crippen LogP contribution < -0.4 is 0 Å². The summed E-state index contributed by atoms with van der Waals surface area (Å²) < 4.78 is 6.61. The molecule has 2 aromatic heterocycles. The van der Waals surface area contributed by atoms with Crippen LogP contribution in [0.1, 0.15) is 26.5 Å². The molecule has 0 spiro atoms. The predicted molar refractivity (Wildman–Crippen MR) is 68.1 cm³/mol. The molecule has 0 unspecified atom stereocenters. The van der Waals surface area contributed by atoms with Crippen LogP contribution in [-0.2, 0) is 16.1 Å². The first-order valence-corrected chi connectivity index (χ1v) is 5.84. The maximum atomic E-state index is 11.8. The van der Waals surface area contributed by atoms with Crippen molar-refractivity contribution in [1.82, 2.24) is 14.8 Å². The van der Waals surface area contributed by atoms with E-state index in [9.17, 15) is 4.79 Å². The van der Waals surface area contributed by atoms with Crippen LogP contribution in [-0.4, -0.2) is 26.3 Å². The van der Waals surface area contributed by atoms with E-state index in [0.29, 0.717) is 11.0 Å². The van der Waals surface area contributed by atoms with Gasteiger partial charge in [-0.3, -0.25) is 4.79 Å². The predicted octanol–water partition coefficient (Wildman–Crippen LogP) is 1.64. The van der Waals surface area contributed by atoms with Crippen molar-refractivity contribution in [2.24, 2.45) is 0 Å². The molecule has 0 saturated heterocycles. The molecule has 98 valence electrons. The standard InChI is InChI=1S/C13H14N4O2/c1-13(2,3)19-11(18)8-17-12-9(5-4-6-15-12)10(7-14)16-17/h4-6H,8H2,1-3H3. The molecule has 0 amide bonds. The molecule has 0 radical (unpaired) electrons. The highest BCUT2D eigenvalue weighted by molar-refractivity contribution is 5.82. The fourth-order valence-corrected chi connectivity index (χ4v) is 1.70. The largest absolute Gasteiger partial charge is 0.459 e. The van der Waals surface area contributed by atoms with Crippen molar-refractivity contribution in [2.75, 3.05) is 0 Å². The van der Waals surface area contributed by atoms with Gasteiger partial charge in [-0.1, -0.05) is 0 Å². The Labute approximate surface area is 110 Å². The van der Waals surface area contributed by atoms with E-state index >= 15 is 0 Å². The number of nitrogens with zero attached hydrogens (tertiary/aromatic N) is 4. The van der Waals surface area contributed by atoms with Gasteiger partial charge in [-0.05, 0) is 32.9 Å². The van der Waals surface area contributed by atoms with Gasteiger partial charge in [0.25, 0.3) is 0 Å². The number of esters is 1. The number of hydrogen-bond donors (Lipinski definition) is 0. The topological polar surface area (TPSA) is 80.8 Å². The molecule has 0 bridgehead atoms. The summed E-state index contributed by atoms with van der Waals surface area (Å²) in [6.45, 7) is 5.33. The highest BCUT2D eigenvalue weighted by Gasteiger charge is 2.19. The van der Waals surface area contributed by atoms with E-state index in [1.807, 2.05) is 6.07 Å². The van der Waals surface area contributed by atoms with E-state index in [1.54, 1.807) is 39.1 Å². The molecule has 0 aliphatic rings. The molecule has 0 saturated carbocycles. The summed E-state index contributed by atoms with van der Waals surface area (Å²) in [5, 5.41) is 13.7. The first-order valence-electron chi connectivity index (χ1n) is 5.84. The van der Waals surface area contributed by atoms with E-state index < -0.39 is 11.6 Å². The molecule has 0 N–H and O–H groups in total. The Morgan fingerprint density at radius 1 is 1.53 bits per heavy atom. The zero-order valence-corrected chi connectivity index (χ0v) is 11.0. The number of hydrogen-bond acceptors (Lipinski definition) is 5. The summed E-state index contributed by atoms with van der Waals surface area (Å²) in [6.07, 6.45) is 1.59. The first-order chi connectivity index (χ1) is 8.90. The van der Waals surface area contributed by atoms with E-state index in [2.05, 4.69) is 10.1 Å². The quantitative estimate of drug-likeness (QED) is 0.765. The van der Waals surface area contributed by atoms with Crippen molar-refractivity contribution in [1.29, 1.82) is 5.26 Å². The van der Waals surface area contributed by atoms with E-state index in [1.165, 1.54) is 4.68 Å². The number of nitriles is 1. The van der Waals surface area contributed by atoms with Gasteiger partial charge < -0.3 is 4.74 Å². The number of ether oxygens (including phenoxy) is 1. The third-order valence-electron chi connectivity index (χ3n) is 2.31. The highest BCUT2D eigenvalue weighted by Crippen LogP contribution is 2.16. The van der Waals surface area contributed by atoms with Crippen LogP contribution in [0.15, 0.2) is 18.3 Å². The molecule has 0 fully saturated rings. The Bertz CT molecular complexity index is 661. The van der Waals surface area contributed by atoms with E-state index in [-0.39, 0.29) is 12.2 Å². The van der Waals surface area contributed by atoms with Gasteiger partial charge in [0.15, 0.2) is 11.3 Å². The van der Waals surface area contributed by atoms with Crippen LogP contribution in [0.5, 0.6) is 0 Å². The number of carbonyl (C=O) groups excluding carboxylic acids is 1. The minimum absolute atomic E-state index is 0.0630. The van der Waals surface area contributed by atoms with Crippen LogP contribution >= 0.6 is 0 Å². The van der Waals surface area contributed by atoms with Crippen molar-refractivity contribution >= 4 is 17.0 Å². The average molecular weight is 258 g/mol. The van der Waals surface area contributed by atoms with Crippen molar-refractivity contribution in [2.45, 2.75) is 32.9 Å². The van der Waals surface area contributed by atoms with Gasteiger partial charge in [0.1, 0.15) is 18.2 Å². The van der Waals surface area contributed by atoms with Crippen LogP contribution in [0.2, 0.25) is 0 Å². The summed E-state index contributed by atoms with van der Waals surface area (Å²) in [5.41, 5.74) is 0.211. The highest BCUT2D eigenvalue weighted by atomic mass is 16.6. The SMILES string of the molecule is CC(C)(C)OC(=O)Cn1nc(C#N)c2cccnc21. The molecule has 0 aliphatic heterocycles. The van der Waals surface area contributed by atoms with Crippen LogP contribution in [0.25, 0.3) is 11.0 Å². The third-order valence-corrected chi connectivity index (χ3v) is 2.31. The van der Waals surface area contributed by atoms with Crippen molar-refractivity contribution in [3.8, 4) is 6.07 Å². The maximum absolute atomic E-state index is 11.8. The zero-order valence-electron chi connectivity index (χ0n) is 11.0. The third kappa shape index (κ3) is 2.88. The van der Waals surface area contributed by atoms with Crippen LogP contribution in [0.4, 0.5) is 0 Å². The Balaban J connectivity index is 2.32. The average Bonchev–Trinajstić information content (AvgIpc) is 2.65. The number of aromatic nitrogens is 3. The molecule has 6 nitrogen and oxygen atoms in total. The number of pyridine rings is 1. The zero-order chi connectivity index (χ0) is 14.0. The van der Waals surface area contributed by atoms with Crippen LogP contribution in [0, 0.1) is 11.3 Å². The minimum Gasteiger partial charge on any atom is -0.459 e. The van der Waals surface area contributed by atoms with Gasteiger partial charge in [0, 0.05) is 6.20 Å².